The smallest absolute Gasteiger partial charge is 0.157 e. The largest absolute Gasteiger partial charge is 0.371 e. The third kappa shape index (κ3) is 2.82. The van der Waals surface area contributed by atoms with Crippen LogP contribution in [0.4, 0.5) is 0 Å². The van der Waals surface area contributed by atoms with E-state index in [1.807, 2.05) is 20.0 Å². The van der Waals surface area contributed by atoms with Crippen molar-refractivity contribution in [1.29, 1.82) is 0 Å². The molecule has 0 amide bonds. The second-order valence-corrected chi connectivity index (χ2v) is 4.64. The summed E-state index contributed by atoms with van der Waals surface area (Å²) < 4.78 is 5.52. The summed E-state index contributed by atoms with van der Waals surface area (Å²) in [4.78, 5) is 9.03. The Morgan fingerprint density at radius 1 is 1.59 bits per heavy atom. The Labute approximate surface area is 103 Å². The molecule has 1 heterocycles. The number of nitrogens with zero attached hydrogens (tertiary/aromatic N) is 2. The molecule has 94 valence electrons. The van der Waals surface area contributed by atoms with Gasteiger partial charge in [-0.3, -0.25) is 0 Å². The summed E-state index contributed by atoms with van der Waals surface area (Å²) in [7, 11) is 0. The fraction of sp³-hybridized carbons (Fsp3) is 0.692. The van der Waals surface area contributed by atoms with Crippen LogP contribution in [0.1, 0.15) is 43.5 Å². The van der Waals surface area contributed by atoms with Crippen molar-refractivity contribution in [3.63, 3.8) is 0 Å². The number of fused-ring (bicyclic) bond motifs is 1. The molecule has 2 N–H and O–H groups in total. The van der Waals surface area contributed by atoms with Gasteiger partial charge in [-0.25, -0.2) is 9.97 Å². The summed E-state index contributed by atoms with van der Waals surface area (Å²) in [6.45, 7) is 5.44. The van der Waals surface area contributed by atoms with Gasteiger partial charge in [0.1, 0.15) is 6.10 Å². The van der Waals surface area contributed by atoms with E-state index in [-0.39, 0.29) is 6.10 Å². The molecule has 1 aromatic heterocycles. The minimum absolute atomic E-state index is 0.0162. The molecule has 2 rings (SSSR count). The van der Waals surface area contributed by atoms with E-state index in [2.05, 4.69) is 9.97 Å². The van der Waals surface area contributed by atoms with E-state index in [0.717, 1.165) is 31.6 Å². The number of ether oxygens (including phenoxy) is 1. The molecule has 1 aliphatic rings. The predicted molar refractivity (Wildman–Crippen MR) is 66.6 cm³/mol. The topological polar surface area (TPSA) is 61.0 Å². The van der Waals surface area contributed by atoms with Crippen molar-refractivity contribution in [2.75, 3.05) is 13.2 Å². The zero-order chi connectivity index (χ0) is 12.3. The first-order valence-electron chi connectivity index (χ1n) is 6.41. The maximum Gasteiger partial charge on any atom is 0.157 e. The van der Waals surface area contributed by atoms with Gasteiger partial charge in [-0.1, -0.05) is 0 Å². The van der Waals surface area contributed by atoms with Gasteiger partial charge in [0.2, 0.25) is 0 Å². The van der Waals surface area contributed by atoms with Gasteiger partial charge in [0.05, 0.1) is 0 Å². The van der Waals surface area contributed by atoms with Crippen LogP contribution < -0.4 is 5.73 Å². The lowest BCUT2D eigenvalue weighted by molar-refractivity contribution is 0.0697. The lowest BCUT2D eigenvalue weighted by atomic mass is 9.87. The van der Waals surface area contributed by atoms with Gasteiger partial charge < -0.3 is 10.5 Å². The molecule has 1 aliphatic carbocycles. The molecule has 0 fully saturated rings. The molecule has 1 aromatic rings. The molecule has 0 spiro atoms. The Balaban J connectivity index is 2.15. The summed E-state index contributed by atoms with van der Waals surface area (Å²) in [5.74, 6) is 1.40. The van der Waals surface area contributed by atoms with Gasteiger partial charge in [0, 0.05) is 18.5 Å². The highest BCUT2D eigenvalue weighted by Gasteiger charge is 2.20. The fourth-order valence-corrected chi connectivity index (χ4v) is 2.32. The number of rotatable bonds is 4. The Morgan fingerprint density at radius 3 is 3.12 bits per heavy atom. The summed E-state index contributed by atoms with van der Waals surface area (Å²) in [5.41, 5.74) is 8.17. The van der Waals surface area contributed by atoms with Gasteiger partial charge in [-0.2, -0.15) is 0 Å². The predicted octanol–water partition coefficient (Wildman–Crippen LogP) is 1.64. The van der Waals surface area contributed by atoms with Gasteiger partial charge >= 0.3 is 0 Å². The average molecular weight is 235 g/mol. The van der Waals surface area contributed by atoms with E-state index in [4.69, 9.17) is 10.5 Å². The van der Waals surface area contributed by atoms with Gasteiger partial charge in [-0.15, -0.1) is 0 Å². The number of nitrogens with two attached hydrogens (primary N) is 1. The molecule has 0 bridgehead atoms. The second-order valence-electron chi connectivity index (χ2n) is 4.64. The Morgan fingerprint density at radius 2 is 2.41 bits per heavy atom. The molecule has 17 heavy (non-hydrogen) atoms. The minimum Gasteiger partial charge on any atom is -0.371 e. The van der Waals surface area contributed by atoms with E-state index >= 15 is 0 Å². The van der Waals surface area contributed by atoms with Crippen LogP contribution in [0.5, 0.6) is 0 Å². The second kappa shape index (κ2) is 5.56. The van der Waals surface area contributed by atoms with Crippen molar-refractivity contribution in [3.8, 4) is 0 Å². The molecule has 0 aromatic carbocycles. The van der Waals surface area contributed by atoms with Crippen LogP contribution >= 0.6 is 0 Å². The molecule has 2 atom stereocenters. The van der Waals surface area contributed by atoms with Crippen molar-refractivity contribution >= 4 is 0 Å². The summed E-state index contributed by atoms with van der Waals surface area (Å²) in [6, 6.07) is 0. The zero-order valence-electron chi connectivity index (χ0n) is 10.6. The van der Waals surface area contributed by atoms with Crippen LogP contribution in [-0.4, -0.2) is 23.1 Å². The summed E-state index contributed by atoms with van der Waals surface area (Å²) in [6.07, 6.45) is 5.12. The third-order valence-corrected chi connectivity index (χ3v) is 3.38. The van der Waals surface area contributed by atoms with Crippen LogP contribution in [0.3, 0.4) is 0 Å². The van der Waals surface area contributed by atoms with Crippen LogP contribution in [0, 0.1) is 5.92 Å². The summed E-state index contributed by atoms with van der Waals surface area (Å²) >= 11 is 0. The zero-order valence-corrected chi connectivity index (χ0v) is 10.6. The van der Waals surface area contributed by atoms with Crippen molar-refractivity contribution in [3.05, 3.63) is 23.3 Å². The lowest BCUT2D eigenvalue weighted by Crippen LogP contribution is -2.23. The highest BCUT2D eigenvalue weighted by atomic mass is 16.5. The molecule has 4 nitrogen and oxygen atoms in total. The standard InChI is InChI=1S/C13H21N3O/c1-3-17-9(2)13-15-8-11-6-10(7-14)4-5-12(11)16-13/h8-10H,3-7,14H2,1-2H3. The van der Waals surface area contributed by atoms with Crippen molar-refractivity contribution in [2.24, 2.45) is 11.7 Å². The van der Waals surface area contributed by atoms with Crippen LogP contribution in [0.25, 0.3) is 0 Å². The first-order chi connectivity index (χ1) is 8.24. The highest BCUT2D eigenvalue weighted by Crippen LogP contribution is 2.24. The van der Waals surface area contributed by atoms with E-state index in [9.17, 15) is 0 Å². The van der Waals surface area contributed by atoms with E-state index < -0.39 is 0 Å². The van der Waals surface area contributed by atoms with Crippen molar-refractivity contribution < 1.29 is 4.74 Å². The van der Waals surface area contributed by atoms with Crippen molar-refractivity contribution in [2.45, 2.75) is 39.2 Å². The van der Waals surface area contributed by atoms with Crippen molar-refractivity contribution in [1.82, 2.24) is 9.97 Å². The Hall–Kier alpha value is -1.00. The van der Waals surface area contributed by atoms with Crippen LogP contribution in [-0.2, 0) is 17.6 Å². The fourth-order valence-electron chi connectivity index (χ4n) is 2.32. The first kappa shape index (κ1) is 12.5. The molecule has 0 aliphatic heterocycles. The molecular weight excluding hydrogens is 214 g/mol. The lowest BCUT2D eigenvalue weighted by Gasteiger charge is -2.23. The number of aromatic nitrogens is 2. The average Bonchev–Trinajstić information content (AvgIpc) is 2.37. The van der Waals surface area contributed by atoms with E-state index in [1.54, 1.807) is 0 Å². The number of aryl methyl sites for hydroxylation is 1. The first-order valence-corrected chi connectivity index (χ1v) is 6.41. The Bertz CT molecular complexity index is 381. The summed E-state index contributed by atoms with van der Waals surface area (Å²) in [5, 5.41) is 0. The molecule has 0 saturated carbocycles. The minimum atomic E-state index is -0.0162. The number of hydrogen-bond acceptors (Lipinski definition) is 4. The van der Waals surface area contributed by atoms with Gasteiger partial charge in [0.25, 0.3) is 0 Å². The van der Waals surface area contributed by atoms with Gasteiger partial charge in [0.15, 0.2) is 5.82 Å². The SMILES string of the molecule is CCOC(C)c1ncc2c(n1)CCC(CN)C2. The van der Waals surface area contributed by atoms with E-state index in [1.165, 1.54) is 11.3 Å². The molecule has 2 unspecified atom stereocenters. The number of hydrogen-bond donors (Lipinski definition) is 1. The Kier molecular flexibility index (Phi) is 4.07. The van der Waals surface area contributed by atoms with Gasteiger partial charge in [-0.05, 0) is 51.1 Å². The third-order valence-electron chi connectivity index (χ3n) is 3.38. The van der Waals surface area contributed by atoms with Crippen LogP contribution in [0.15, 0.2) is 6.20 Å². The molecular formula is C13H21N3O. The van der Waals surface area contributed by atoms with Crippen LogP contribution in [0.2, 0.25) is 0 Å². The maximum atomic E-state index is 5.72. The normalized spacial score (nSPS) is 21.0. The molecule has 0 saturated heterocycles. The molecule has 4 heteroatoms. The highest BCUT2D eigenvalue weighted by molar-refractivity contribution is 5.21. The maximum absolute atomic E-state index is 5.72. The quantitative estimate of drug-likeness (QED) is 0.861. The van der Waals surface area contributed by atoms with E-state index in [0.29, 0.717) is 12.5 Å². The molecule has 0 radical (unpaired) electrons. The monoisotopic (exact) mass is 235 g/mol.